The third-order valence-corrected chi connectivity index (χ3v) is 3.40. The Morgan fingerprint density at radius 2 is 1.92 bits per heavy atom. The molecule has 2 aromatic rings. The van der Waals surface area contributed by atoms with Crippen LogP contribution >= 0.6 is 0 Å². The van der Waals surface area contributed by atoms with Gasteiger partial charge in [0.25, 0.3) is 5.91 Å². The second-order valence-electron chi connectivity index (χ2n) is 5.32. The standard InChI is InChI=1S/C19H22N2O3/c1-2-3-13-24-17-11-9-15(10-12-17)14-20-21-19(23)18(22)16-7-5-4-6-8-16/h4-12,14,18,22H,2-3,13H2,1H3,(H,21,23)/b20-14-/t18-/m1/s1. The van der Waals surface area contributed by atoms with E-state index in [1.807, 2.05) is 30.3 Å². The van der Waals surface area contributed by atoms with Gasteiger partial charge in [-0.2, -0.15) is 5.10 Å². The normalized spacial score (nSPS) is 12.1. The number of hydrogen-bond donors (Lipinski definition) is 2. The highest BCUT2D eigenvalue weighted by molar-refractivity contribution is 5.85. The van der Waals surface area contributed by atoms with Crippen LogP contribution in [0.15, 0.2) is 59.7 Å². The third kappa shape index (κ3) is 5.52. The molecule has 0 aromatic heterocycles. The van der Waals surface area contributed by atoms with Gasteiger partial charge in [0.2, 0.25) is 0 Å². The predicted molar refractivity (Wildman–Crippen MR) is 94.0 cm³/mol. The van der Waals surface area contributed by atoms with Crippen molar-refractivity contribution in [3.8, 4) is 5.75 Å². The Morgan fingerprint density at radius 3 is 2.58 bits per heavy atom. The summed E-state index contributed by atoms with van der Waals surface area (Å²) < 4.78 is 5.58. The minimum absolute atomic E-state index is 0.527. The number of rotatable bonds is 8. The maximum Gasteiger partial charge on any atom is 0.273 e. The van der Waals surface area contributed by atoms with Crippen LogP contribution in [0.4, 0.5) is 0 Å². The molecule has 5 nitrogen and oxygen atoms in total. The van der Waals surface area contributed by atoms with Crippen molar-refractivity contribution in [1.82, 2.24) is 5.43 Å². The summed E-state index contributed by atoms with van der Waals surface area (Å²) in [6.45, 7) is 2.82. The van der Waals surface area contributed by atoms with Gasteiger partial charge in [-0.1, -0.05) is 43.7 Å². The van der Waals surface area contributed by atoms with Crippen LogP contribution in [-0.2, 0) is 4.79 Å². The Labute approximate surface area is 142 Å². The molecule has 0 aliphatic carbocycles. The highest BCUT2D eigenvalue weighted by Gasteiger charge is 2.15. The fourth-order valence-electron chi connectivity index (χ4n) is 2.00. The molecule has 0 unspecified atom stereocenters. The number of carbonyl (C=O) groups is 1. The quantitative estimate of drug-likeness (QED) is 0.445. The summed E-state index contributed by atoms with van der Waals surface area (Å²) in [6.07, 6.45) is 2.40. The molecular weight excluding hydrogens is 304 g/mol. The number of aliphatic hydroxyl groups excluding tert-OH is 1. The van der Waals surface area contributed by atoms with Gasteiger partial charge in [0, 0.05) is 0 Å². The van der Waals surface area contributed by atoms with Crippen LogP contribution in [0.3, 0.4) is 0 Å². The highest BCUT2D eigenvalue weighted by atomic mass is 16.5. The monoisotopic (exact) mass is 326 g/mol. The van der Waals surface area contributed by atoms with Crippen molar-refractivity contribution in [3.63, 3.8) is 0 Å². The summed E-state index contributed by atoms with van der Waals surface area (Å²) in [6, 6.07) is 16.1. The minimum atomic E-state index is -1.24. The summed E-state index contributed by atoms with van der Waals surface area (Å²) in [5, 5.41) is 13.8. The fourth-order valence-corrected chi connectivity index (χ4v) is 2.00. The van der Waals surface area contributed by atoms with Crippen LogP contribution < -0.4 is 10.2 Å². The Morgan fingerprint density at radius 1 is 1.21 bits per heavy atom. The van der Waals surface area contributed by atoms with Crippen LogP contribution in [-0.4, -0.2) is 23.8 Å². The summed E-state index contributed by atoms with van der Waals surface area (Å²) in [5.41, 5.74) is 3.69. The van der Waals surface area contributed by atoms with E-state index in [2.05, 4.69) is 17.5 Å². The zero-order chi connectivity index (χ0) is 17.2. The lowest BCUT2D eigenvalue weighted by Crippen LogP contribution is -2.25. The van der Waals surface area contributed by atoms with Crippen molar-refractivity contribution < 1.29 is 14.6 Å². The zero-order valence-corrected chi connectivity index (χ0v) is 13.7. The van der Waals surface area contributed by atoms with Crippen LogP contribution in [0.25, 0.3) is 0 Å². The molecule has 2 rings (SSSR count). The minimum Gasteiger partial charge on any atom is -0.494 e. The molecule has 1 atom stereocenters. The molecule has 0 fully saturated rings. The topological polar surface area (TPSA) is 70.9 Å². The van der Waals surface area contributed by atoms with Gasteiger partial charge in [0.1, 0.15) is 5.75 Å². The largest absolute Gasteiger partial charge is 0.494 e. The van der Waals surface area contributed by atoms with Crippen LogP contribution in [0.2, 0.25) is 0 Å². The number of benzene rings is 2. The van der Waals surface area contributed by atoms with Crippen LogP contribution in [0.1, 0.15) is 37.0 Å². The van der Waals surface area contributed by atoms with Crippen LogP contribution in [0, 0.1) is 0 Å². The Kier molecular flexibility index (Phi) is 6.98. The SMILES string of the molecule is CCCCOc1ccc(/C=N\NC(=O)[C@H](O)c2ccccc2)cc1. The number of ether oxygens (including phenoxy) is 1. The van der Waals surface area contributed by atoms with E-state index in [1.165, 1.54) is 6.21 Å². The van der Waals surface area contributed by atoms with E-state index in [0.717, 1.165) is 24.2 Å². The first kappa shape index (κ1) is 17.7. The number of nitrogens with one attached hydrogen (secondary N) is 1. The van der Waals surface area contributed by atoms with Gasteiger partial charge in [0.15, 0.2) is 6.10 Å². The first-order chi connectivity index (χ1) is 11.7. The summed E-state index contributed by atoms with van der Waals surface area (Å²) in [5.74, 6) is 0.237. The number of carbonyl (C=O) groups excluding carboxylic acids is 1. The lowest BCUT2D eigenvalue weighted by molar-refractivity contribution is -0.129. The second kappa shape index (κ2) is 9.47. The molecule has 0 saturated heterocycles. The molecule has 0 heterocycles. The first-order valence-corrected chi connectivity index (χ1v) is 7.99. The molecule has 5 heteroatoms. The maximum atomic E-state index is 11.8. The molecular formula is C19H22N2O3. The summed E-state index contributed by atoms with van der Waals surface area (Å²) in [4.78, 5) is 11.8. The van der Waals surface area contributed by atoms with Crippen molar-refractivity contribution in [2.24, 2.45) is 5.10 Å². The van der Waals surface area contributed by atoms with Gasteiger partial charge in [-0.25, -0.2) is 5.43 Å². The van der Waals surface area contributed by atoms with E-state index in [4.69, 9.17) is 4.74 Å². The van der Waals surface area contributed by atoms with Crippen LogP contribution in [0.5, 0.6) is 5.75 Å². The Hall–Kier alpha value is -2.66. The molecule has 0 aliphatic rings. The zero-order valence-electron chi connectivity index (χ0n) is 13.7. The summed E-state index contributed by atoms with van der Waals surface area (Å²) in [7, 11) is 0. The van der Waals surface area contributed by atoms with E-state index in [1.54, 1.807) is 24.3 Å². The smallest absolute Gasteiger partial charge is 0.273 e. The number of nitrogens with zero attached hydrogens (tertiary/aromatic N) is 1. The van der Waals surface area contributed by atoms with E-state index >= 15 is 0 Å². The van der Waals surface area contributed by atoms with Crippen molar-refractivity contribution in [2.45, 2.75) is 25.9 Å². The molecule has 0 bridgehead atoms. The Bertz CT molecular complexity index is 654. The van der Waals surface area contributed by atoms with Crippen molar-refractivity contribution in [3.05, 3.63) is 65.7 Å². The molecule has 0 saturated carbocycles. The predicted octanol–water partition coefficient (Wildman–Crippen LogP) is 3.05. The van der Waals surface area contributed by atoms with E-state index in [0.29, 0.717) is 12.2 Å². The van der Waals surface area contributed by atoms with Gasteiger partial charge in [0.05, 0.1) is 12.8 Å². The molecule has 24 heavy (non-hydrogen) atoms. The lowest BCUT2D eigenvalue weighted by Gasteiger charge is -2.08. The maximum absolute atomic E-state index is 11.8. The molecule has 2 aromatic carbocycles. The van der Waals surface area contributed by atoms with E-state index in [9.17, 15) is 9.90 Å². The average Bonchev–Trinajstić information content (AvgIpc) is 2.63. The van der Waals surface area contributed by atoms with Gasteiger partial charge in [-0.3, -0.25) is 4.79 Å². The Balaban J connectivity index is 1.84. The summed E-state index contributed by atoms with van der Waals surface area (Å²) >= 11 is 0. The lowest BCUT2D eigenvalue weighted by atomic mass is 10.1. The number of aliphatic hydroxyl groups is 1. The molecule has 0 radical (unpaired) electrons. The first-order valence-electron chi connectivity index (χ1n) is 7.99. The molecule has 0 spiro atoms. The average molecular weight is 326 g/mol. The number of hydrazone groups is 1. The van der Waals surface area contributed by atoms with Crippen molar-refractivity contribution >= 4 is 12.1 Å². The molecule has 2 N–H and O–H groups in total. The second-order valence-corrected chi connectivity index (χ2v) is 5.32. The van der Waals surface area contributed by atoms with Gasteiger partial charge in [-0.05, 0) is 41.8 Å². The fraction of sp³-hybridized carbons (Fsp3) is 0.263. The molecule has 126 valence electrons. The van der Waals surface area contributed by atoms with Crippen molar-refractivity contribution in [2.75, 3.05) is 6.61 Å². The van der Waals surface area contributed by atoms with Gasteiger partial charge in [-0.15, -0.1) is 0 Å². The number of hydrogen-bond acceptors (Lipinski definition) is 4. The van der Waals surface area contributed by atoms with Gasteiger partial charge >= 0.3 is 0 Å². The molecule has 0 aliphatic heterocycles. The number of amides is 1. The van der Waals surface area contributed by atoms with E-state index in [-0.39, 0.29) is 0 Å². The number of unbranched alkanes of at least 4 members (excludes halogenated alkanes) is 1. The van der Waals surface area contributed by atoms with Gasteiger partial charge < -0.3 is 9.84 Å². The molecule has 1 amide bonds. The van der Waals surface area contributed by atoms with E-state index < -0.39 is 12.0 Å². The highest BCUT2D eigenvalue weighted by Crippen LogP contribution is 2.13. The third-order valence-electron chi connectivity index (χ3n) is 3.40. The van der Waals surface area contributed by atoms with Crippen molar-refractivity contribution in [1.29, 1.82) is 0 Å².